The van der Waals surface area contributed by atoms with Gasteiger partial charge in [0.1, 0.15) is 5.82 Å². The molecule has 0 amide bonds. The van der Waals surface area contributed by atoms with Gasteiger partial charge >= 0.3 is 0 Å². The van der Waals surface area contributed by atoms with Gasteiger partial charge in [-0.1, -0.05) is 108 Å². The molecule has 6 heteroatoms. The van der Waals surface area contributed by atoms with E-state index in [0.29, 0.717) is 23.3 Å². The van der Waals surface area contributed by atoms with Crippen molar-refractivity contribution in [2.75, 3.05) is 9.80 Å². The van der Waals surface area contributed by atoms with E-state index in [0.717, 1.165) is 51.1 Å². The number of anilines is 4. The van der Waals surface area contributed by atoms with Gasteiger partial charge in [-0.05, 0) is 162 Å². The molecular weight excluding hydrogens is 1020 g/mol. The summed E-state index contributed by atoms with van der Waals surface area (Å²) in [7, 11) is 0. The molecule has 4 saturated carbocycles. The van der Waals surface area contributed by atoms with Gasteiger partial charge in [0, 0.05) is 66.8 Å². The third-order valence-electron chi connectivity index (χ3n) is 16.6. The number of nitrogens with zero attached hydrogens (tertiary/aromatic N) is 4. The van der Waals surface area contributed by atoms with Crippen molar-refractivity contribution in [1.29, 1.82) is 0 Å². The molecule has 0 saturated heterocycles. The average Bonchev–Trinajstić information content (AvgIpc) is 3.86. The Balaban J connectivity index is 0.00000520. The fraction of sp³-hybridized carbons (Fsp3) is 0.333. The van der Waals surface area contributed by atoms with Crippen LogP contribution in [0.3, 0.4) is 0 Å². The first-order valence-electron chi connectivity index (χ1n) is 25.0. The summed E-state index contributed by atoms with van der Waals surface area (Å²) >= 11 is 0. The number of pyridine rings is 1. The zero-order valence-corrected chi connectivity index (χ0v) is 43.8. The standard InChI is InChI=1S/C63H63N4O.Pt/c1-39-28-45(29-40(2)41(39)3)63(46-31-42-30-43(33-46)34-47(63)32-42)44-26-27-64-59(35-44)67-55-21-11-10-18-51(55)52-25-24-50(37-58(52)67)68-49-17-14-16-48(36-49)65-38-66(57-23-13-12-22-56(57)65)60-53(61(4,5)6)19-15-20-54(60)62(7,8)9;/h10-29,35,38,42-43,46-47H,30-34H2,1-9H3;/q-3;. The summed E-state index contributed by atoms with van der Waals surface area (Å²) < 4.78 is 9.11. The predicted octanol–water partition coefficient (Wildman–Crippen LogP) is 16.2. The topological polar surface area (TPSA) is 33.5 Å². The molecule has 2 aromatic heterocycles. The summed E-state index contributed by atoms with van der Waals surface area (Å²) in [5, 5.41) is 2.30. The van der Waals surface area contributed by atoms with Crippen LogP contribution in [-0.2, 0) is 37.3 Å². The summed E-state index contributed by atoms with van der Waals surface area (Å²) in [6.07, 6.45) is 8.79. The Morgan fingerprint density at radius 1 is 0.609 bits per heavy atom. The fourth-order valence-corrected chi connectivity index (χ4v) is 13.5. The number of hydrogen-bond donors (Lipinski definition) is 0. The second-order valence-electron chi connectivity index (χ2n) is 22.8. The Morgan fingerprint density at radius 3 is 1.88 bits per heavy atom. The first kappa shape index (κ1) is 45.8. The van der Waals surface area contributed by atoms with Crippen LogP contribution in [0.5, 0.6) is 11.5 Å². The SMILES string of the molecule is Cc1cc(C2(c3ccnc(-n4c5[c-]c(Oc6[c-]c(N7[CH-]N(c8c(C(C)(C)C)cccc8C(C)(C)C)c8ccccc87)ccc6)ccc5c5ccccc54)c3)C3CC4CC(C3)CC2C4)cc(C)c1C.[Pt]. The predicted molar refractivity (Wildman–Crippen MR) is 280 cm³/mol. The minimum absolute atomic E-state index is 0. The molecule has 0 N–H and O–H groups in total. The van der Waals surface area contributed by atoms with Crippen LogP contribution in [0.15, 0.2) is 128 Å². The Morgan fingerprint density at radius 2 is 1.22 bits per heavy atom. The number of aromatic nitrogens is 2. The van der Waals surface area contributed by atoms with Gasteiger partial charge < -0.3 is 19.1 Å². The quantitative estimate of drug-likeness (QED) is 0.149. The Bertz CT molecular complexity index is 3210. The van der Waals surface area contributed by atoms with Gasteiger partial charge in [0.05, 0.1) is 0 Å². The molecule has 13 rings (SSSR count). The molecule has 3 heterocycles. The van der Waals surface area contributed by atoms with Crippen LogP contribution < -0.4 is 14.5 Å². The van der Waals surface area contributed by atoms with E-state index in [1.165, 1.54) is 82.1 Å². The molecule has 5 nitrogen and oxygen atoms in total. The van der Waals surface area contributed by atoms with E-state index >= 15 is 0 Å². The Kier molecular flexibility index (Phi) is 11.1. The van der Waals surface area contributed by atoms with Gasteiger partial charge in [-0.25, -0.2) is 4.98 Å². The molecule has 4 bridgehead atoms. The van der Waals surface area contributed by atoms with E-state index in [4.69, 9.17) is 9.72 Å². The number of ether oxygens (including phenoxy) is 1. The van der Waals surface area contributed by atoms with Crippen LogP contribution in [0.25, 0.3) is 27.6 Å². The maximum atomic E-state index is 6.79. The van der Waals surface area contributed by atoms with Crippen molar-refractivity contribution in [3.05, 3.63) is 185 Å². The largest absolute Gasteiger partial charge is 0.509 e. The van der Waals surface area contributed by atoms with Gasteiger partial charge in [0.2, 0.25) is 0 Å². The summed E-state index contributed by atoms with van der Waals surface area (Å²) in [5.41, 5.74) is 16.0. The monoisotopic (exact) mass is 1090 g/mol. The zero-order valence-electron chi connectivity index (χ0n) is 41.6. The maximum absolute atomic E-state index is 6.79. The minimum atomic E-state index is -0.0639. The van der Waals surface area contributed by atoms with Gasteiger partial charge in [-0.3, -0.25) is 0 Å². The zero-order chi connectivity index (χ0) is 46.9. The molecule has 4 aliphatic carbocycles. The molecule has 8 aromatic rings. The first-order valence-corrected chi connectivity index (χ1v) is 25.0. The van der Waals surface area contributed by atoms with E-state index in [1.54, 1.807) is 0 Å². The van der Waals surface area contributed by atoms with Crippen molar-refractivity contribution in [3.8, 4) is 17.3 Å². The van der Waals surface area contributed by atoms with Crippen LogP contribution >= 0.6 is 0 Å². The van der Waals surface area contributed by atoms with E-state index in [1.807, 2.05) is 12.1 Å². The van der Waals surface area contributed by atoms with E-state index in [9.17, 15) is 0 Å². The van der Waals surface area contributed by atoms with E-state index in [-0.39, 0.29) is 37.3 Å². The summed E-state index contributed by atoms with van der Waals surface area (Å²) in [5.74, 6) is 5.17. The normalized spacial score (nSPS) is 21.8. The Hall–Kier alpha value is -5.64. The minimum Gasteiger partial charge on any atom is -0.509 e. The third kappa shape index (κ3) is 7.39. The van der Waals surface area contributed by atoms with Gasteiger partial charge in [0.25, 0.3) is 0 Å². The summed E-state index contributed by atoms with van der Waals surface area (Å²) in [4.78, 5) is 9.83. The van der Waals surface area contributed by atoms with Gasteiger partial charge in [0.15, 0.2) is 0 Å². The molecule has 4 fully saturated rings. The van der Waals surface area contributed by atoms with Gasteiger partial charge in [-0.2, -0.15) is 12.1 Å². The molecular formula is C63H63N4OPt-3. The van der Waals surface area contributed by atoms with Crippen LogP contribution in [0, 0.1) is 63.2 Å². The fourth-order valence-electron chi connectivity index (χ4n) is 13.5. The summed E-state index contributed by atoms with van der Waals surface area (Å²) in [6, 6.07) is 51.9. The van der Waals surface area contributed by atoms with E-state index < -0.39 is 0 Å². The number of fused-ring (bicyclic) bond motifs is 4. The van der Waals surface area contributed by atoms with Crippen LogP contribution in [0.4, 0.5) is 22.7 Å². The second kappa shape index (κ2) is 16.8. The van der Waals surface area contributed by atoms with Crippen LogP contribution in [0.1, 0.15) is 113 Å². The molecule has 0 atom stereocenters. The van der Waals surface area contributed by atoms with E-state index in [2.05, 4.69) is 211 Å². The van der Waals surface area contributed by atoms with Gasteiger partial charge in [-0.15, -0.1) is 48.1 Å². The molecule has 69 heavy (non-hydrogen) atoms. The molecule has 1 aliphatic heterocycles. The smallest absolute Gasteiger partial charge is 0.135 e. The summed E-state index contributed by atoms with van der Waals surface area (Å²) in [6.45, 7) is 23.0. The van der Waals surface area contributed by atoms with Crippen molar-refractivity contribution in [1.82, 2.24) is 9.55 Å². The number of para-hydroxylation sites is 4. The third-order valence-corrected chi connectivity index (χ3v) is 16.6. The molecule has 0 unspecified atom stereocenters. The van der Waals surface area contributed by atoms with Crippen LogP contribution in [0.2, 0.25) is 0 Å². The van der Waals surface area contributed by atoms with Crippen LogP contribution in [-0.4, -0.2) is 9.55 Å². The number of rotatable bonds is 7. The average molecular weight is 1090 g/mol. The Labute approximate surface area is 424 Å². The van der Waals surface area contributed by atoms with Crippen molar-refractivity contribution in [3.63, 3.8) is 0 Å². The van der Waals surface area contributed by atoms with Crippen molar-refractivity contribution < 1.29 is 25.8 Å². The van der Waals surface area contributed by atoms with Crippen molar-refractivity contribution in [2.24, 2.45) is 23.7 Å². The van der Waals surface area contributed by atoms with Crippen molar-refractivity contribution >= 4 is 44.6 Å². The molecule has 0 radical (unpaired) electrons. The second-order valence-corrected chi connectivity index (χ2v) is 22.8. The number of aryl methyl sites for hydroxylation is 2. The first-order chi connectivity index (χ1) is 32.7. The van der Waals surface area contributed by atoms with Crippen molar-refractivity contribution in [2.45, 2.75) is 111 Å². The molecule has 0 spiro atoms. The number of hydrogen-bond acceptors (Lipinski definition) is 4. The molecule has 5 aliphatic rings. The maximum Gasteiger partial charge on any atom is 0.135 e. The number of benzene rings is 6. The molecule has 6 aromatic carbocycles. The molecule has 354 valence electrons.